The Morgan fingerprint density at radius 3 is 2.46 bits per heavy atom. The number of ether oxygens (including phenoxy) is 1. The van der Waals surface area contributed by atoms with Crippen molar-refractivity contribution in [3.8, 4) is 0 Å². The lowest BCUT2D eigenvalue weighted by molar-refractivity contribution is 0.112. The van der Waals surface area contributed by atoms with E-state index in [4.69, 9.17) is 0 Å². The summed E-state index contributed by atoms with van der Waals surface area (Å²) in [6.45, 7) is 0. The van der Waals surface area contributed by atoms with Crippen LogP contribution in [0.5, 0.6) is 0 Å². The van der Waals surface area contributed by atoms with Crippen molar-refractivity contribution in [2.24, 2.45) is 0 Å². The molecule has 0 aromatic heterocycles. The monoisotopic (exact) mass is 181 g/mol. The van der Waals surface area contributed by atoms with Gasteiger partial charge in [-0.15, -0.1) is 0 Å². The Kier molecular flexibility index (Phi) is 6.55. The molecule has 0 amide bonds. The minimum Gasteiger partial charge on any atom is -0.388 e. The smallest absolute Gasteiger partial charge is 0.150 e. The van der Waals surface area contributed by atoms with E-state index in [2.05, 4.69) is 10.1 Å². The quantitative estimate of drug-likeness (QED) is 0.707. The highest BCUT2D eigenvalue weighted by Crippen LogP contribution is 2.06. The fraction of sp³-hybridized carbons (Fsp3) is 0.300. The van der Waals surface area contributed by atoms with E-state index in [-0.39, 0.29) is 0 Å². The van der Waals surface area contributed by atoms with Crippen LogP contribution in [-0.4, -0.2) is 27.6 Å². The molecule has 0 atom stereocenters. The van der Waals surface area contributed by atoms with E-state index >= 15 is 0 Å². The first-order chi connectivity index (χ1) is 6.28. The van der Waals surface area contributed by atoms with E-state index < -0.39 is 0 Å². The van der Waals surface area contributed by atoms with Gasteiger partial charge in [-0.1, -0.05) is 12.1 Å². The van der Waals surface area contributed by atoms with Crippen LogP contribution in [0.4, 0.5) is 5.69 Å². The molecule has 72 valence electrons. The number of hydrogen-bond acceptors (Lipinski definition) is 3. The Labute approximate surface area is 78.7 Å². The summed E-state index contributed by atoms with van der Waals surface area (Å²) in [5.74, 6) is 0. The molecule has 3 heteroatoms. The maximum atomic E-state index is 10.2. The fourth-order valence-electron chi connectivity index (χ4n) is 0.767. The van der Waals surface area contributed by atoms with Crippen LogP contribution in [0.25, 0.3) is 0 Å². The summed E-state index contributed by atoms with van der Waals surface area (Å²) in [6, 6.07) is 7.32. The molecule has 3 nitrogen and oxygen atoms in total. The molecule has 1 aromatic rings. The van der Waals surface area contributed by atoms with Gasteiger partial charge >= 0.3 is 0 Å². The molecule has 0 spiro atoms. The van der Waals surface area contributed by atoms with Crippen molar-refractivity contribution in [3.63, 3.8) is 0 Å². The number of nitrogens with one attached hydrogen (secondary N) is 1. The Morgan fingerprint density at radius 1 is 1.38 bits per heavy atom. The van der Waals surface area contributed by atoms with Gasteiger partial charge < -0.3 is 10.1 Å². The van der Waals surface area contributed by atoms with Crippen molar-refractivity contribution in [2.45, 2.75) is 0 Å². The Hall–Kier alpha value is -1.35. The number of anilines is 1. The summed E-state index contributed by atoms with van der Waals surface area (Å²) < 4.78 is 4.25. The van der Waals surface area contributed by atoms with E-state index in [0.717, 1.165) is 12.0 Å². The Morgan fingerprint density at radius 2 is 2.00 bits per heavy atom. The Bertz CT molecular complexity index is 248. The number of methoxy groups -OCH3 is 1. The summed E-state index contributed by atoms with van der Waals surface area (Å²) in [5, 5.41) is 2.94. The van der Waals surface area contributed by atoms with E-state index in [1.165, 1.54) is 0 Å². The van der Waals surface area contributed by atoms with Crippen LogP contribution < -0.4 is 5.32 Å². The minimum absolute atomic E-state index is 0.701. The zero-order valence-electron chi connectivity index (χ0n) is 8.20. The largest absolute Gasteiger partial charge is 0.388 e. The molecule has 1 aromatic carbocycles. The van der Waals surface area contributed by atoms with Gasteiger partial charge in [-0.25, -0.2) is 0 Å². The summed E-state index contributed by atoms with van der Waals surface area (Å²) in [5.41, 5.74) is 1.66. The van der Waals surface area contributed by atoms with E-state index in [0.29, 0.717) is 5.56 Å². The number of benzene rings is 1. The second-order valence-electron chi connectivity index (χ2n) is 2.40. The lowest BCUT2D eigenvalue weighted by Gasteiger charge is -1.97. The Balaban J connectivity index is 0.000000424. The third-order valence-electron chi connectivity index (χ3n) is 1.31. The van der Waals surface area contributed by atoms with Crippen molar-refractivity contribution in [1.82, 2.24) is 0 Å². The normalized spacial score (nSPS) is 8.23. The van der Waals surface area contributed by atoms with Gasteiger partial charge in [0.15, 0.2) is 0 Å². The van der Waals surface area contributed by atoms with E-state index in [9.17, 15) is 4.79 Å². The van der Waals surface area contributed by atoms with Gasteiger partial charge in [-0.05, 0) is 12.1 Å². The maximum absolute atomic E-state index is 10.2. The molecule has 0 fully saturated rings. The highest BCUT2D eigenvalue weighted by molar-refractivity contribution is 5.76. The number of carbonyl (C=O) groups is 1. The molecule has 0 saturated heterocycles. The molecule has 0 radical (unpaired) electrons. The third kappa shape index (κ3) is 4.98. The molecule has 0 bridgehead atoms. The zero-order chi connectivity index (χ0) is 10.1. The second kappa shape index (κ2) is 7.31. The molecule has 0 heterocycles. The summed E-state index contributed by atoms with van der Waals surface area (Å²) in [4.78, 5) is 10.2. The standard InChI is InChI=1S/C8H9NO.C2H6O/c1-9-8-4-2-3-7(5-8)6-10;1-3-2/h2-6,9H,1H3;1-2H3. The molecule has 0 aliphatic heterocycles. The van der Waals surface area contributed by atoms with Crippen molar-refractivity contribution < 1.29 is 9.53 Å². The molecule has 0 aliphatic carbocycles. The summed E-state index contributed by atoms with van der Waals surface area (Å²) >= 11 is 0. The summed E-state index contributed by atoms with van der Waals surface area (Å²) in [7, 11) is 5.07. The molecule has 0 unspecified atom stereocenters. The van der Waals surface area contributed by atoms with Crippen LogP contribution in [0.2, 0.25) is 0 Å². The number of carbonyl (C=O) groups excluding carboxylic acids is 1. The van der Waals surface area contributed by atoms with E-state index in [1.807, 2.05) is 19.2 Å². The predicted molar refractivity (Wildman–Crippen MR) is 54.3 cm³/mol. The number of rotatable bonds is 2. The average Bonchev–Trinajstić information content (AvgIpc) is 2.19. The predicted octanol–water partition coefficient (Wildman–Crippen LogP) is 1.80. The van der Waals surface area contributed by atoms with Gasteiger partial charge in [0.05, 0.1) is 0 Å². The maximum Gasteiger partial charge on any atom is 0.150 e. The SMILES string of the molecule is CNc1cccc(C=O)c1.COC. The van der Waals surface area contributed by atoms with E-state index in [1.54, 1.807) is 26.4 Å². The van der Waals surface area contributed by atoms with Crippen LogP contribution in [0.15, 0.2) is 24.3 Å². The highest BCUT2D eigenvalue weighted by atomic mass is 16.4. The first-order valence-corrected chi connectivity index (χ1v) is 3.91. The fourth-order valence-corrected chi connectivity index (χ4v) is 0.767. The van der Waals surface area contributed by atoms with Crippen LogP contribution in [0, 0.1) is 0 Å². The van der Waals surface area contributed by atoms with Crippen molar-refractivity contribution in [1.29, 1.82) is 0 Å². The summed E-state index contributed by atoms with van der Waals surface area (Å²) in [6.07, 6.45) is 0.834. The van der Waals surface area contributed by atoms with Gasteiger partial charge in [0.1, 0.15) is 6.29 Å². The second-order valence-corrected chi connectivity index (χ2v) is 2.40. The highest BCUT2D eigenvalue weighted by Gasteiger charge is 1.89. The van der Waals surface area contributed by atoms with Gasteiger partial charge in [0.25, 0.3) is 0 Å². The topological polar surface area (TPSA) is 38.3 Å². The minimum atomic E-state index is 0.701. The molecular weight excluding hydrogens is 166 g/mol. The van der Waals surface area contributed by atoms with Gasteiger partial charge in [-0.2, -0.15) is 0 Å². The molecule has 13 heavy (non-hydrogen) atoms. The van der Waals surface area contributed by atoms with Crippen molar-refractivity contribution >= 4 is 12.0 Å². The first-order valence-electron chi connectivity index (χ1n) is 3.91. The zero-order valence-corrected chi connectivity index (χ0v) is 8.20. The van der Waals surface area contributed by atoms with Crippen molar-refractivity contribution in [3.05, 3.63) is 29.8 Å². The molecule has 1 N–H and O–H groups in total. The van der Waals surface area contributed by atoms with Crippen LogP contribution in [0.3, 0.4) is 0 Å². The third-order valence-corrected chi connectivity index (χ3v) is 1.31. The molecule has 0 aliphatic rings. The van der Waals surface area contributed by atoms with Gasteiger partial charge in [0, 0.05) is 32.5 Å². The van der Waals surface area contributed by atoms with Crippen LogP contribution >= 0.6 is 0 Å². The van der Waals surface area contributed by atoms with Crippen LogP contribution in [0.1, 0.15) is 10.4 Å². The average molecular weight is 181 g/mol. The van der Waals surface area contributed by atoms with Crippen LogP contribution in [-0.2, 0) is 4.74 Å². The molecular formula is C10H15NO2. The lowest BCUT2D eigenvalue weighted by Crippen LogP contribution is -1.88. The van der Waals surface area contributed by atoms with Gasteiger partial charge in [-0.3, -0.25) is 4.79 Å². The molecule has 0 saturated carbocycles. The number of aldehydes is 1. The van der Waals surface area contributed by atoms with Crippen molar-refractivity contribution in [2.75, 3.05) is 26.6 Å². The van der Waals surface area contributed by atoms with Gasteiger partial charge in [0.2, 0.25) is 0 Å². The number of hydrogen-bond donors (Lipinski definition) is 1. The lowest BCUT2D eigenvalue weighted by atomic mass is 10.2. The first kappa shape index (κ1) is 11.6. The molecule has 1 rings (SSSR count).